The van der Waals surface area contributed by atoms with E-state index in [1.807, 2.05) is 0 Å². The average Bonchev–Trinajstić information content (AvgIpc) is 3.20. The van der Waals surface area contributed by atoms with Crippen molar-refractivity contribution in [1.29, 1.82) is 0 Å². The summed E-state index contributed by atoms with van der Waals surface area (Å²) < 4.78 is 10.0. The molecule has 2 aliphatic rings. The quantitative estimate of drug-likeness (QED) is 0.176. The van der Waals surface area contributed by atoms with Crippen molar-refractivity contribution in [2.75, 3.05) is 25.4 Å². The molecule has 0 radical (unpaired) electrons. The van der Waals surface area contributed by atoms with Crippen LogP contribution >= 0.6 is 23.1 Å². The Kier molecular flexibility index (Phi) is 7.51. The molecule has 14 heteroatoms. The van der Waals surface area contributed by atoms with E-state index in [1.165, 1.54) is 23.8 Å². The summed E-state index contributed by atoms with van der Waals surface area (Å²) in [5.41, 5.74) is 5.67. The van der Waals surface area contributed by atoms with Gasteiger partial charge in [-0.25, -0.2) is 9.78 Å². The zero-order valence-electron chi connectivity index (χ0n) is 19.2. The number of esters is 2. The molecule has 0 saturated carbocycles. The number of ether oxygens (including phenoxy) is 2. The minimum atomic E-state index is -0.898. The first-order valence-corrected chi connectivity index (χ1v) is 12.0. The number of oxime groups is 1. The van der Waals surface area contributed by atoms with Crippen LogP contribution in [0, 0.1) is 5.41 Å². The van der Waals surface area contributed by atoms with E-state index >= 15 is 0 Å². The number of nitrogen functional groups attached to an aromatic ring is 1. The summed E-state index contributed by atoms with van der Waals surface area (Å²) in [6, 6.07) is -0.898. The summed E-state index contributed by atoms with van der Waals surface area (Å²) in [6.45, 7) is 6.15. The third-order valence-corrected chi connectivity index (χ3v) is 6.89. The zero-order chi connectivity index (χ0) is 25.2. The van der Waals surface area contributed by atoms with Gasteiger partial charge in [0.25, 0.3) is 11.8 Å². The lowest BCUT2D eigenvalue weighted by atomic mass is 9.98. The standard InChI is InChI=1S/C20H25N5O7S2/c1-9-6-33-16-12(23-14(26)11(24-30-5)10-7-34-19(21)22-10)15(27)25(16)13(9)17(28)31-8-32-18(29)20(2,3)4/h7,12,16H,6,8H2,1-5H3,(H2,21,22)(H,23,26)/b24-11+/t12-,16-/m0/s1. The number of nitrogens with two attached hydrogens (primary N) is 1. The normalized spacial score (nSPS) is 20.3. The van der Waals surface area contributed by atoms with E-state index in [4.69, 9.17) is 20.0 Å². The SMILES string of the molecule is CO/N=C(/C(=O)N[C@H]1C(=O)N2C(C(=O)OCOC(=O)C(C)(C)C)=C(C)CS[C@@H]12)c1csc(N)n1. The van der Waals surface area contributed by atoms with Crippen molar-refractivity contribution in [2.24, 2.45) is 10.6 Å². The van der Waals surface area contributed by atoms with Crippen LogP contribution in [0.25, 0.3) is 0 Å². The summed E-state index contributed by atoms with van der Waals surface area (Å²) in [5, 5.41) is 7.60. The van der Waals surface area contributed by atoms with Crippen LogP contribution in [0.5, 0.6) is 0 Å². The van der Waals surface area contributed by atoms with Gasteiger partial charge in [-0.2, -0.15) is 0 Å². The summed E-state index contributed by atoms with van der Waals surface area (Å²) in [6.07, 6.45) is 0. The fourth-order valence-electron chi connectivity index (χ4n) is 3.09. The highest BCUT2D eigenvalue weighted by atomic mass is 32.2. The topological polar surface area (TPSA) is 163 Å². The van der Waals surface area contributed by atoms with E-state index in [-0.39, 0.29) is 22.2 Å². The first-order chi connectivity index (χ1) is 16.0. The molecule has 1 fully saturated rings. The summed E-state index contributed by atoms with van der Waals surface area (Å²) in [7, 11) is 1.28. The van der Waals surface area contributed by atoms with E-state index < -0.39 is 47.4 Å². The van der Waals surface area contributed by atoms with Gasteiger partial charge in [-0.3, -0.25) is 19.3 Å². The highest BCUT2D eigenvalue weighted by Crippen LogP contribution is 2.40. The Labute approximate surface area is 203 Å². The summed E-state index contributed by atoms with van der Waals surface area (Å²) in [4.78, 5) is 60.3. The van der Waals surface area contributed by atoms with E-state index in [2.05, 4.69) is 15.5 Å². The summed E-state index contributed by atoms with van der Waals surface area (Å²) in [5.74, 6) is -2.04. The zero-order valence-corrected chi connectivity index (χ0v) is 20.9. The number of aromatic nitrogens is 1. The average molecular weight is 512 g/mol. The molecule has 3 rings (SSSR count). The molecular weight excluding hydrogens is 486 g/mol. The molecule has 3 N–H and O–H groups in total. The number of nitrogens with zero attached hydrogens (tertiary/aromatic N) is 3. The molecule has 12 nitrogen and oxygen atoms in total. The monoisotopic (exact) mass is 511 g/mol. The van der Waals surface area contributed by atoms with Crippen LogP contribution in [0.15, 0.2) is 21.8 Å². The van der Waals surface area contributed by atoms with Crippen molar-refractivity contribution in [1.82, 2.24) is 15.2 Å². The van der Waals surface area contributed by atoms with E-state index in [0.29, 0.717) is 11.3 Å². The Bertz CT molecular complexity index is 1080. The van der Waals surface area contributed by atoms with Gasteiger partial charge in [0.2, 0.25) is 6.79 Å². The highest BCUT2D eigenvalue weighted by Gasteiger charge is 2.54. The third-order valence-electron chi connectivity index (χ3n) is 4.79. The fourth-order valence-corrected chi connectivity index (χ4v) is 4.93. The number of β-lactam (4-membered cyclic amide) rings is 1. The highest BCUT2D eigenvalue weighted by molar-refractivity contribution is 8.00. The second-order valence-corrected chi connectivity index (χ2v) is 10.4. The molecule has 0 unspecified atom stereocenters. The minimum absolute atomic E-state index is 0.0733. The van der Waals surface area contributed by atoms with Crippen molar-refractivity contribution in [3.63, 3.8) is 0 Å². The largest absolute Gasteiger partial charge is 0.427 e. The second-order valence-electron chi connectivity index (χ2n) is 8.41. The lowest BCUT2D eigenvalue weighted by molar-refractivity contribution is -0.173. The minimum Gasteiger partial charge on any atom is -0.427 e. The van der Waals surface area contributed by atoms with Gasteiger partial charge in [0.05, 0.1) is 5.41 Å². The second kappa shape index (κ2) is 10.0. The first kappa shape index (κ1) is 25.5. The number of carbonyl (C=O) groups is 4. The number of thioether (sulfide) groups is 1. The van der Waals surface area contributed by atoms with Crippen LogP contribution in [-0.4, -0.2) is 70.4 Å². The van der Waals surface area contributed by atoms with Crippen LogP contribution in [0.2, 0.25) is 0 Å². The summed E-state index contributed by atoms with van der Waals surface area (Å²) >= 11 is 2.52. The van der Waals surface area contributed by atoms with E-state index in [0.717, 1.165) is 11.3 Å². The van der Waals surface area contributed by atoms with Crippen molar-refractivity contribution in [2.45, 2.75) is 39.1 Å². The van der Waals surface area contributed by atoms with Gasteiger partial charge < -0.3 is 25.4 Å². The van der Waals surface area contributed by atoms with Crippen LogP contribution in [-0.2, 0) is 33.5 Å². The molecule has 34 heavy (non-hydrogen) atoms. The van der Waals surface area contributed by atoms with Gasteiger partial charge in [-0.1, -0.05) is 5.16 Å². The molecular formula is C20H25N5O7S2. The molecule has 1 aromatic heterocycles. The predicted octanol–water partition coefficient (Wildman–Crippen LogP) is 0.840. The van der Waals surface area contributed by atoms with Gasteiger partial charge >= 0.3 is 11.9 Å². The van der Waals surface area contributed by atoms with Crippen molar-refractivity contribution >= 4 is 57.7 Å². The maximum atomic E-state index is 12.9. The Balaban J connectivity index is 1.66. The number of nitrogens with one attached hydrogen (secondary N) is 1. The Hall–Kier alpha value is -3.13. The van der Waals surface area contributed by atoms with Crippen LogP contribution in [0.4, 0.5) is 5.13 Å². The molecule has 184 valence electrons. The number of hydrogen-bond donors (Lipinski definition) is 2. The Morgan fingerprint density at radius 1 is 1.32 bits per heavy atom. The number of anilines is 1. The van der Waals surface area contributed by atoms with Gasteiger partial charge in [-0.05, 0) is 33.3 Å². The number of carbonyl (C=O) groups excluding carboxylic acids is 4. The Morgan fingerprint density at radius 2 is 2.03 bits per heavy atom. The molecule has 0 bridgehead atoms. The fraction of sp³-hybridized carbons (Fsp3) is 0.500. The lowest BCUT2D eigenvalue weighted by Gasteiger charge is -2.49. The van der Waals surface area contributed by atoms with Gasteiger partial charge in [0.1, 0.15) is 29.9 Å². The molecule has 2 amide bonds. The van der Waals surface area contributed by atoms with Gasteiger partial charge in [0.15, 0.2) is 10.8 Å². The molecule has 2 aliphatic heterocycles. The van der Waals surface area contributed by atoms with Crippen LogP contribution < -0.4 is 11.1 Å². The van der Waals surface area contributed by atoms with Crippen molar-refractivity contribution in [3.8, 4) is 0 Å². The molecule has 2 atom stereocenters. The third kappa shape index (κ3) is 5.17. The van der Waals surface area contributed by atoms with E-state index in [9.17, 15) is 19.2 Å². The van der Waals surface area contributed by atoms with Crippen molar-refractivity contribution in [3.05, 3.63) is 22.3 Å². The molecule has 1 aromatic rings. The number of amides is 2. The molecule has 1 saturated heterocycles. The van der Waals surface area contributed by atoms with Crippen molar-refractivity contribution < 1.29 is 33.5 Å². The van der Waals surface area contributed by atoms with E-state index in [1.54, 1.807) is 33.1 Å². The first-order valence-electron chi connectivity index (χ1n) is 10.1. The van der Waals surface area contributed by atoms with Crippen LogP contribution in [0.1, 0.15) is 33.4 Å². The maximum Gasteiger partial charge on any atom is 0.357 e. The smallest absolute Gasteiger partial charge is 0.357 e. The number of hydrogen-bond acceptors (Lipinski definition) is 12. The molecule has 3 heterocycles. The number of thiazole rings is 1. The maximum absolute atomic E-state index is 12.9. The molecule has 0 aliphatic carbocycles. The Morgan fingerprint density at radius 3 is 2.62 bits per heavy atom. The van der Waals surface area contributed by atoms with Gasteiger partial charge in [0, 0.05) is 11.1 Å². The molecule has 0 spiro atoms. The predicted molar refractivity (Wildman–Crippen MR) is 124 cm³/mol. The number of rotatable bonds is 7. The van der Waals surface area contributed by atoms with Crippen LogP contribution in [0.3, 0.4) is 0 Å². The number of fused-ring (bicyclic) bond motifs is 1. The van der Waals surface area contributed by atoms with Gasteiger partial charge in [-0.15, -0.1) is 23.1 Å². The lowest BCUT2D eigenvalue weighted by Crippen LogP contribution is -2.71. The molecule has 0 aromatic carbocycles.